The minimum absolute atomic E-state index is 0.149. The topological polar surface area (TPSA) is 49.6 Å². The van der Waals surface area contributed by atoms with Crippen molar-refractivity contribution in [1.29, 1.82) is 0 Å². The molecule has 1 aromatic rings. The van der Waals surface area contributed by atoms with E-state index in [4.69, 9.17) is 0 Å². The van der Waals surface area contributed by atoms with Crippen LogP contribution >= 0.6 is 0 Å². The average Bonchev–Trinajstić information content (AvgIpc) is 2.29. The first-order valence-electron chi connectivity index (χ1n) is 5.77. The Morgan fingerprint density at radius 1 is 1.29 bits per heavy atom. The van der Waals surface area contributed by atoms with E-state index in [2.05, 4.69) is 23.8 Å². The van der Waals surface area contributed by atoms with E-state index in [0.29, 0.717) is 6.04 Å². The van der Waals surface area contributed by atoms with Crippen LogP contribution in [0.4, 0.5) is 11.4 Å². The summed E-state index contributed by atoms with van der Waals surface area (Å²) < 4.78 is 0. The van der Waals surface area contributed by atoms with Crippen molar-refractivity contribution >= 4 is 11.4 Å². The number of nitrogens with zero attached hydrogens (tertiary/aromatic N) is 3. The molecular formula is C12H17N3O2. The van der Waals surface area contributed by atoms with Gasteiger partial charge in [0.1, 0.15) is 0 Å². The van der Waals surface area contributed by atoms with Gasteiger partial charge in [0.2, 0.25) is 0 Å². The number of nitro groups is 1. The van der Waals surface area contributed by atoms with Crippen LogP contribution in [0.5, 0.6) is 0 Å². The normalized spacial score (nSPS) is 21.5. The summed E-state index contributed by atoms with van der Waals surface area (Å²) in [5, 5.41) is 10.6. The minimum atomic E-state index is -0.364. The van der Waals surface area contributed by atoms with Gasteiger partial charge in [0, 0.05) is 43.5 Å². The fourth-order valence-electron chi connectivity index (χ4n) is 2.29. The average molecular weight is 235 g/mol. The zero-order valence-corrected chi connectivity index (χ0v) is 10.2. The van der Waals surface area contributed by atoms with Crippen molar-refractivity contribution in [2.24, 2.45) is 0 Å². The van der Waals surface area contributed by atoms with Crippen LogP contribution in [-0.4, -0.2) is 42.5 Å². The van der Waals surface area contributed by atoms with Crippen molar-refractivity contribution in [3.05, 3.63) is 34.4 Å². The molecule has 0 unspecified atom stereocenters. The van der Waals surface area contributed by atoms with Crippen molar-refractivity contribution in [2.75, 3.05) is 31.6 Å². The number of rotatable bonds is 2. The van der Waals surface area contributed by atoms with Gasteiger partial charge in [0.05, 0.1) is 4.92 Å². The number of likely N-dealkylation sites (N-methyl/N-ethyl adjacent to an activating group) is 1. The van der Waals surface area contributed by atoms with Crippen molar-refractivity contribution in [3.8, 4) is 0 Å². The summed E-state index contributed by atoms with van der Waals surface area (Å²) in [6.45, 7) is 5.20. The molecule has 0 bridgehead atoms. The maximum absolute atomic E-state index is 10.6. The molecule has 0 spiro atoms. The van der Waals surface area contributed by atoms with Crippen LogP contribution in [0.25, 0.3) is 0 Å². The van der Waals surface area contributed by atoms with Gasteiger partial charge in [-0.05, 0) is 26.1 Å². The predicted molar refractivity (Wildman–Crippen MR) is 67.4 cm³/mol. The van der Waals surface area contributed by atoms with Crippen LogP contribution in [0.15, 0.2) is 24.3 Å². The quantitative estimate of drug-likeness (QED) is 0.578. The van der Waals surface area contributed by atoms with E-state index >= 15 is 0 Å². The van der Waals surface area contributed by atoms with E-state index in [9.17, 15) is 10.1 Å². The molecule has 1 aliphatic rings. The molecule has 0 amide bonds. The summed E-state index contributed by atoms with van der Waals surface area (Å²) in [5.41, 5.74) is 1.21. The summed E-state index contributed by atoms with van der Waals surface area (Å²) in [5.74, 6) is 0. The van der Waals surface area contributed by atoms with Gasteiger partial charge in [-0.2, -0.15) is 0 Å². The minimum Gasteiger partial charge on any atom is -0.366 e. The molecule has 92 valence electrons. The fraction of sp³-hybridized carbons (Fsp3) is 0.500. The Morgan fingerprint density at radius 3 is 2.47 bits per heavy atom. The highest BCUT2D eigenvalue weighted by atomic mass is 16.6. The third-order valence-corrected chi connectivity index (χ3v) is 3.22. The Morgan fingerprint density at radius 2 is 1.94 bits per heavy atom. The molecule has 1 fully saturated rings. The largest absolute Gasteiger partial charge is 0.366 e. The van der Waals surface area contributed by atoms with Crippen LogP contribution in [0.2, 0.25) is 0 Å². The van der Waals surface area contributed by atoms with Gasteiger partial charge in [-0.15, -0.1) is 0 Å². The van der Waals surface area contributed by atoms with E-state index in [1.165, 1.54) is 0 Å². The molecule has 0 aromatic heterocycles. The lowest BCUT2D eigenvalue weighted by atomic mass is 10.1. The Hall–Kier alpha value is -1.62. The maximum Gasteiger partial charge on any atom is 0.269 e. The maximum atomic E-state index is 10.6. The molecule has 1 saturated heterocycles. The Kier molecular flexibility index (Phi) is 3.28. The molecule has 17 heavy (non-hydrogen) atoms. The van der Waals surface area contributed by atoms with Crippen molar-refractivity contribution in [1.82, 2.24) is 4.90 Å². The molecule has 1 aromatic carbocycles. The lowest BCUT2D eigenvalue weighted by Gasteiger charge is -2.39. The molecule has 1 atom stereocenters. The third kappa shape index (κ3) is 2.55. The van der Waals surface area contributed by atoms with Gasteiger partial charge >= 0.3 is 0 Å². The van der Waals surface area contributed by atoms with Crippen LogP contribution < -0.4 is 4.90 Å². The van der Waals surface area contributed by atoms with Gasteiger partial charge in [-0.1, -0.05) is 0 Å². The van der Waals surface area contributed by atoms with E-state index in [1.54, 1.807) is 12.1 Å². The van der Waals surface area contributed by atoms with Gasteiger partial charge < -0.3 is 9.80 Å². The molecule has 0 radical (unpaired) electrons. The smallest absolute Gasteiger partial charge is 0.269 e. The predicted octanol–water partition coefficient (Wildman–Crippen LogP) is 1.74. The first-order valence-corrected chi connectivity index (χ1v) is 5.77. The van der Waals surface area contributed by atoms with Crippen LogP contribution in [-0.2, 0) is 0 Å². The molecule has 5 heteroatoms. The molecule has 2 rings (SSSR count). The van der Waals surface area contributed by atoms with E-state index in [0.717, 1.165) is 25.3 Å². The zero-order chi connectivity index (χ0) is 12.4. The Bertz CT molecular complexity index is 405. The Balaban J connectivity index is 2.14. The highest BCUT2D eigenvalue weighted by Crippen LogP contribution is 2.22. The second-order valence-electron chi connectivity index (χ2n) is 4.58. The summed E-state index contributed by atoms with van der Waals surface area (Å²) in [7, 11) is 2.11. The van der Waals surface area contributed by atoms with E-state index in [1.807, 2.05) is 12.1 Å². The van der Waals surface area contributed by atoms with Gasteiger partial charge in [0.15, 0.2) is 0 Å². The standard InChI is InChI=1S/C12H17N3O2/c1-10-9-13(2)7-8-14(10)11-3-5-12(6-4-11)15(16)17/h3-6,10H,7-9H2,1-2H3/t10-/m0/s1. The number of non-ortho nitro benzene ring substituents is 1. The second kappa shape index (κ2) is 4.71. The van der Waals surface area contributed by atoms with Gasteiger partial charge in [0.25, 0.3) is 5.69 Å². The lowest BCUT2D eigenvalue weighted by molar-refractivity contribution is -0.384. The molecule has 0 aliphatic carbocycles. The highest BCUT2D eigenvalue weighted by Gasteiger charge is 2.21. The number of nitro benzene ring substituents is 1. The van der Waals surface area contributed by atoms with Crippen LogP contribution in [0.1, 0.15) is 6.92 Å². The zero-order valence-electron chi connectivity index (χ0n) is 10.2. The molecule has 1 aliphatic heterocycles. The monoisotopic (exact) mass is 235 g/mol. The van der Waals surface area contributed by atoms with Crippen molar-refractivity contribution in [3.63, 3.8) is 0 Å². The van der Waals surface area contributed by atoms with E-state index < -0.39 is 0 Å². The number of anilines is 1. The molecule has 0 saturated carbocycles. The fourth-order valence-corrected chi connectivity index (χ4v) is 2.29. The first-order chi connectivity index (χ1) is 8.08. The molecular weight excluding hydrogens is 218 g/mol. The number of benzene rings is 1. The third-order valence-electron chi connectivity index (χ3n) is 3.22. The van der Waals surface area contributed by atoms with Crippen LogP contribution in [0, 0.1) is 10.1 Å². The van der Waals surface area contributed by atoms with Crippen molar-refractivity contribution in [2.45, 2.75) is 13.0 Å². The summed E-state index contributed by atoms with van der Waals surface area (Å²) in [6.07, 6.45) is 0. The molecule has 1 heterocycles. The number of hydrogen-bond donors (Lipinski definition) is 0. The summed E-state index contributed by atoms with van der Waals surface area (Å²) >= 11 is 0. The van der Waals surface area contributed by atoms with Crippen molar-refractivity contribution < 1.29 is 4.92 Å². The Labute approximate surface area is 101 Å². The summed E-state index contributed by atoms with van der Waals surface area (Å²) in [4.78, 5) is 14.8. The first kappa shape index (κ1) is 11.9. The molecule has 5 nitrogen and oxygen atoms in total. The van der Waals surface area contributed by atoms with E-state index in [-0.39, 0.29) is 10.6 Å². The number of hydrogen-bond acceptors (Lipinski definition) is 4. The molecule has 0 N–H and O–H groups in total. The SMILES string of the molecule is C[C@H]1CN(C)CCN1c1ccc([N+](=O)[O-])cc1. The second-order valence-corrected chi connectivity index (χ2v) is 4.58. The summed E-state index contributed by atoms with van der Waals surface area (Å²) in [6, 6.07) is 7.25. The van der Waals surface area contributed by atoms with Gasteiger partial charge in [-0.3, -0.25) is 10.1 Å². The highest BCUT2D eigenvalue weighted by molar-refractivity contribution is 5.52. The lowest BCUT2D eigenvalue weighted by Crippen LogP contribution is -2.50. The van der Waals surface area contributed by atoms with Gasteiger partial charge in [-0.25, -0.2) is 0 Å². The van der Waals surface area contributed by atoms with Crippen LogP contribution in [0.3, 0.4) is 0 Å². The number of piperazine rings is 1.